The lowest BCUT2D eigenvalue weighted by Crippen LogP contribution is -2.45. The Morgan fingerprint density at radius 2 is 1.83 bits per heavy atom. The number of terminal acetylenes is 1. The molecule has 0 aliphatic carbocycles. The van der Waals surface area contributed by atoms with Gasteiger partial charge in [0.1, 0.15) is 0 Å². The molecule has 0 amide bonds. The summed E-state index contributed by atoms with van der Waals surface area (Å²) < 4.78 is 6.38. The van der Waals surface area contributed by atoms with E-state index in [-0.39, 0.29) is 17.1 Å². The van der Waals surface area contributed by atoms with E-state index in [1.807, 2.05) is 12.2 Å². The van der Waals surface area contributed by atoms with Crippen molar-refractivity contribution in [2.75, 3.05) is 0 Å². The molecule has 0 aromatic heterocycles. The van der Waals surface area contributed by atoms with Gasteiger partial charge in [0.05, 0.1) is 6.10 Å². The molecule has 0 fully saturated rings. The predicted molar refractivity (Wildman–Crippen MR) is 84.0 cm³/mol. The van der Waals surface area contributed by atoms with Crippen LogP contribution in [0.4, 0.5) is 0 Å². The molecule has 0 saturated heterocycles. The van der Waals surface area contributed by atoms with Crippen LogP contribution in [-0.2, 0) is 4.43 Å². The second-order valence-corrected chi connectivity index (χ2v) is 11.0. The molecule has 0 heterocycles. The Balaban J connectivity index is 4.83. The van der Waals surface area contributed by atoms with Crippen LogP contribution in [0.1, 0.15) is 33.6 Å². The van der Waals surface area contributed by atoms with Crippen molar-refractivity contribution >= 4 is 8.32 Å². The standard InChI is InChI=1S/C16H28OSi/c1-9-12-13-14(10-2)15(11-3)17-18(7,8)16(4,5)6/h1,10-11,14-15H,2-3,12-13H2,4-8H3/t14-,15-/m0/s1. The van der Waals surface area contributed by atoms with Gasteiger partial charge in [0.25, 0.3) is 0 Å². The van der Waals surface area contributed by atoms with Crippen molar-refractivity contribution in [2.45, 2.75) is 57.8 Å². The van der Waals surface area contributed by atoms with Gasteiger partial charge in [0.15, 0.2) is 8.32 Å². The number of hydrogen-bond donors (Lipinski definition) is 0. The SMILES string of the molecule is C#CCC[C@H](C=C)[C@H](C=C)O[Si](C)(C)C(C)(C)C. The van der Waals surface area contributed by atoms with Crippen molar-refractivity contribution in [3.05, 3.63) is 25.3 Å². The lowest BCUT2D eigenvalue weighted by Gasteiger charge is -2.40. The van der Waals surface area contributed by atoms with E-state index in [2.05, 4.69) is 52.9 Å². The van der Waals surface area contributed by atoms with E-state index in [1.165, 1.54) is 0 Å². The molecule has 0 aliphatic heterocycles. The van der Waals surface area contributed by atoms with E-state index < -0.39 is 8.32 Å². The van der Waals surface area contributed by atoms with E-state index in [4.69, 9.17) is 10.8 Å². The fourth-order valence-electron chi connectivity index (χ4n) is 1.49. The normalized spacial score (nSPS) is 15.6. The minimum atomic E-state index is -1.78. The third kappa shape index (κ3) is 4.84. The van der Waals surface area contributed by atoms with Gasteiger partial charge in [0.2, 0.25) is 0 Å². The van der Waals surface area contributed by atoms with Crippen LogP contribution in [0.5, 0.6) is 0 Å². The summed E-state index contributed by atoms with van der Waals surface area (Å²) >= 11 is 0. The molecule has 2 heteroatoms. The highest BCUT2D eigenvalue weighted by Crippen LogP contribution is 2.38. The van der Waals surface area contributed by atoms with E-state index in [1.54, 1.807) is 0 Å². The Kier molecular flexibility index (Phi) is 6.66. The van der Waals surface area contributed by atoms with Crippen LogP contribution in [0.2, 0.25) is 18.1 Å². The van der Waals surface area contributed by atoms with Crippen molar-refractivity contribution in [3.63, 3.8) is 0 Å². The zero-order chi connectivity index (χ0) is 14.4. The molecule has 0 bridgehead atoms. The molecule has 0 aliphatic rings. The third-order valence-corrected chi connectivity index (χ3v) is 8.29. The first-order valence-corrected chi connectivity index (χ1v) is 9.47. The maximum atomic E-state index is 6.38. The summed E-state index contributed by atoms with van der Waals surface area (Å²) in [5, 5.41) is 0.200. The third-order valence-electron chi connectivity index (χ3n) is 3.82. The fourth-order valence-corrected chi connectivity index (χ4v) is 2.80. The maximum Gasteiger partial charge on any atom is 0.192 e. The highest BCUT2D eigenvalue weighted by Gasteiger charge is 2.39. The number of rotatable bonds is 7. The van der Waals surface area contributed by atoms with Crippen molar-refractivity contribution in [1.29, 1.82) is 0 Å². The number of hydrogen-bond acceptors (Lipinski definition) is 1. The molecule has 0 aromatic carbocycles. The molecule has 0 N–H and O–H groups in total. The molecule has 0 radical (unpaired) electrons. The van der Waals surface area contributed by atoms with Gasteiger partial charge < -0.3 is 4.43 Å². The first-order valence-electron chi connectivity index (χ1n) is 6.56. The predicted octanol–water partition coefficient (Wildman–Crippen LogP) is 4.78. The first-order chi connectivity index (χ1) is 8.19. The largest absolute Gasteiger partial charge is 0.410 e. The van der Waals surface area contributed by atoms with Crippen LogP contribution < -0.4 is 0 Å². The van der Waals surface area contributed by atoms with Crippen LogP contribution in [0.3, 0.4) is 0 Å². The van der Waals surface area contributed by atoms with Crippen LogP contribution in [-0.4, -0.2) is 14.4 Å². The zero-order valence-corrected chi connectivity index (χ0v) is 13.6. The van der Waals surface area contributed by atoms with Crippen LogP contribution in [0.25, 0.3) is 0 Å². The average molecular weight is 264 g/mol. The molecule has 0 spiro atoms. The van der Waals surface area contributed by atoms with Crippen LogP contribution >= 0.6 is 0 Å². The summed E-state index contributed by atoms with van der Waals surface area (Å²) in [5.41, 5.74) is 0. The molecule has 0 aromatic rings. The van der Waals surface area contributed by atoms with Gasteiger partial charge >= 0.3 is 0 Å². The minimum Gasteiger partial charge on any atom is -0.410 e. The zero-order valence-electron chi connectivity index (χ0n) is 12.6. The molecule has 0 rings (SSSR count). The smallest absolute Gasteiger partial charge is 0.192 e. The van der Waals surface area contributed by atoms with Gasteiger partial charge in [-0.1, -0.05) is 32.9 Å². The Labute approximate surface area is 114 Å². The Morgan fingerprint density at radius 3 is 2.17 bits per heavy atom. The van der Waals surface area contributed by atoms with Gasteiger partial charge in [-0.2, -0.15) is 0 Å². The topological polar surface area (TPSA) is 9.23 Å². The molecule has 2 atom stereocenters. The van der Waals surface area contributed by atoms with E-state index >= 15 is 0 Å². The van der Waals surface area contributed by atoms with Gasteiger partial charge in [0, 0.05) is 12.3 Å². The van der Waals surface area contributed by atoms with E-state index in [0.717, 1.165) is 12.8 Å². The fraction of sp³-hybridized carbons (Fsp3) is 0.625. The van der Waals surface area contributed by atoms with Gasteiger partial charge in [-0.3, -0.25) is 0 Å². The summed E-state index contributed by atoms with van der Waals surface area (Å²) in [7, 11) is -1.78. The van der Waals surface area contributed by atoms with E-state index in [0.29, 0.717) is 0 Å². The summed E-state index contributed by atoms with van der Waals surface area (Å²) in [6.07, 6.45) is 10.8. The first kappa shape index (κ1) is 17.2. The van der Waals surface area contributed by atoms with Gasteiger partial charge in [-0.05, 0) is 24.6 Å². The second kappa shape index (κ2) is 6.97. The Hall–Kier alpha value is -0.783. The Morgan fingerprint density at radius 1 is 1.28 bits per heavy atom. The lowest BCUT2D eigenvalue weighted by atomic mass is 9.97. The molecule has 18 heavy (non-hydrogen) atoms. The Bertz CT molecular complexity index is 317. The monoisotopic (exact) mass is 264 g/mol. The maximum absolute atomic E-state index is 6.38. The van der Waals surface area contributed by atoms with Crippen LogP contribution in [0.15, 0.2) is 25.3 Å². The highest BCUT2D eigenvalue weighted by atomic mass is 28.4. The minimum absolute atomic E-state index is 0.0248. The van der Waals surface area contributed by atoms with Gasteiger partial charge in [-0.25, -0.2) is 0 Å². The van der Waals surface area contributed by atoms with Gasteiger partial charge in [-0.15, -0.1) is 25.5 Å². The molecule has 1 nitrogen and oxygen atoms in total. The van der Waals surface area contributed by atoms with Crippen molar-refractivity contribution in [2.24, 2.45) is 5.92 Å². The quantitative estimate of drug-likeness (QED) is 0.365. The highest BCUT2D eigenvalue weighted by molar-refractivity contribution is 6.74. The molecular weight excluding hydrogens is 236 g/mol. The molecule has 0 unspecified atom stereocenters. The average Bonchev–Trinajstić information content (AvgIpc) is 2.26. The summed E-state index contributed by atoms with van der Waals surface area (Å²) in [6, 6.07) is 0. The molecule has 0 saturated carbocycles. The molecular formula is C16H28OSi. The molecule has 102 valence electrons. The summed E-state index contributed by atoms with van der Waals surface area (Å²) in [4.78, 5) is 0. The summed E-state index contributed by atoms with van der Waals surface area (Å²) in [6.45, 7) is 19.0. The van der Waals surface area contributed by atoms with Crippen LogP contribution in [0, 0.1) is 18.3 Å². The lowest BCUT2D eigenvalue weighted by molar-refractivity contribution is 0.178. The van der Waals surface area contributed by atoms with Crippen molar-refractivity contribution in [3.8, 4) is 12.3 Å². The summed E-state index contributed by atoms with van der Waals surface area (Å²) in [5.74, 6) is 2.94. The van der Waals surface area contributed by atoms with Crippen molar-refractivity contribution in [1.82, 2.24) is 0 Å². The second-order valence-electron chi connectivity index (χ2n) is 6.22. The van der Waals surface area contributed by atoms with E-state index in [9.17, 15) is 0 Å². The van der Waals surface area contributed by atoms with Crippen molar-refractivity contribution < 1.29 is 4.43 Å².